The maximum Gasteiger partial charge on any atom is 0.156 e. The number of nitrogens with zero attached hydrogens (tertiary/aromatic N) is 4. The molecule has 2 aromatic heterocycles. The van der Waals surface area contributed by atoms with E-state index in [2.05, 4.69) is 26.0 Å². The van der Waals surface area contributed by atoms with Crippen molar-refractivity contribution >= 4 is 15.9 Å². The van der Waals surface area contributed by atoms with Gasteiger partial charge >= 0.3 is 0 Å². The van der Waals surface area contributed by atoms with Gasteiger partial charge in [0.25, 0.3) is 0 Å². The highest BCUT2D eigenvalue weighted by Crippen LogP contribution is 2.15. The molecule has 0 radical (unpaired) electrons. The first-order valence-corrected chi connectivity index (χ1v) is 5.07. The number of pyridine rings is 1. The number of rotatable bonds is 1. The van der Waals surface area contributed by atoms with E-state index in [1.54, 1.807) is 17.1 Å². The maximum atomic E-state index is 8.68. The largest absolute Gasteiger partial charge is 0.236 e. The van der Waals surface area contributed by atoms with E-state index in [4.69, 9.17) is 5.26 Å². The Morgan fingerprint density at radius 2 is 2.27 bits per heavy atom. The van der Waals surface area contributed by atoms with Crippen molar-refractivity contribution in [3.05, 3.63) is 40.3 Å². The zero-order chi connectivity index (χ0) is 10.8. The van der Waals surface area contributed by atoms with Gasteiger partial charge < -0.3 is 0 Å². The number of aromatic nitrogens is 3. The minimum Gasteiger partial charge on any atom is -0.236 e. The van der Waals surface area contributed by atoms with Gasteiger partial charge in [-0.05, 0) is 34.5 Å². The van der Waals surface area contributed by atoms with E-state index in [1.807, 2.05) is 19.1 Å². The monoisotopic (exact) mass is 262 g/mol. The predicted octanol–water partition coefficient (Wildman–Crippen LogP) is 2.21. The third-order valence-electron chi connectivity index (χ3n) is 1.95. The van der Waals surface area contributed by atoms with E-state index in [-0.39, 0.29) is 0 Å². The Balaban J connectivity index is 2.50. The number of hydrogen-bond acceptors (Lipinski definition) is 3. The number of nitriles is 1. The molecule has 0 aliphatic rings. The zero-order valence-corrected chi connectivity index (χ0v) is 9.56. The van der Waals surface area contributed by atoms with Gasteiger partial charge in [-0.15, -0.1) is 0 Å². The van der Waals surface area contributed by atoms with E-state index in [0.29, 0.717) is 5.56 Å². The number of halogens is 1. The third kappa shape index (κ3) is 1.90. The summed E-state index contributed by atoms with van der Waals surface area (Å²) in [6.45, 7) is 1.95. The molecule has 2 rings (SSSR count). The molecule has 0 N–H and O–H groups in total. The van der Waals surface area contributed by atoms with Gasteiger partial charge in [0.2, 0.25) is 0 Å². The highest BCUT2D eigenvalue weighted by Gasteiger charge is 2.05. The fraction of sp³-hybridized carbons (Fsp3) is 0.100. The van der Waals surface area contributed by atoms with E-state index in [9.17, 15) is 0 Å². The van der Waals surface area contributed by atoms with Gasteiger partial charge in [0.1, 0.15) is 6.07 Å². The van der Waals surface area contributed by atoms with Crippen LogP contribution in [0.2, 0.25) is 0 Å². The Morgan fingerprint density at radius 1 is 1.47 bits per heavy atom. The summed E-state index contributed by atoms with van der Waals surface area (Å²) in [5, 5.41) is 12.7. The minimum absolute atomic E-state index is 0.527. The summed E-state index contributed by atoms with van der Waals surface area (Å²) in [6.07, 6.45) is 4.88. The van der Waals surface area contributed by atoms with Crippen molar-refractivity contribution in [3.8, 4) is 11.9 Å². The lowest BCUT2D eigenvalue weighted by Crippen LogP contribution is -2.00. The van der Waals surface area contributed by atoms with Crippen molar-refractivity contribution in [2.75, 3.05) is 0 Å². The van der Waals surface area contributed by atoms with Gasteiger partial charge in [-0.25, -0.2) is 9.67 Å². The van der Waals surface area contributed by atoms with Crippen LogP contribution in [0.5, 0.6) is 0 Å². The first-order valence-electron chi connectivity index (χ1n) is 4.28. The van der Waals surface area contributed by atoms with Crippen LogP contribution in [0.3, 0.4) is 0 Å². The molecule has 2 heterocycles. The molecular weight excluding hydrogens is 256 g/mol. The molecule has 0 bridgehead atoms. The summed E-state index contributed by atoms with van der Waals surface area (Å²) in [7, 11) is 0. The molecule has 5 heteroatoms. The Morgan fingerprint density at radius 3 is 2.87 bits per heavy atom. The van der Waals surface area contributed by atoms with Crippen molar-refractivity contribution in [2.24, 2.45) is 0 Å². The van der Waals surface area contributed by atoms with Gasteiger partial charge in [-0.3, -0.25) is 0 Å². The lowest BCUT2D eigenvalue weighted by molar-refractivity contribution is 0.837. The van der Waals surface area contributed by atoms with E-state index in [1.165, 1.54) is 6.20 Å². The van der Waals surface area contributed by atoms with Gasteiger partial charge in [-0.2, -0.15) is 10.4 Å². The van der Waals surface area contributed by atoms with Crippen LogP contribution < -0.4 is 0 Å². The Kier molecular flexibility index (Phi) is 2.52. The third-order valence-corrected chi connectivity index (χ3v) is 2.38. The molecule has 0 unspecified atom stereocenters. The van der Waals surface area contributed by atoms with E-state index in [0.717, 1.165) is 15.9 Å². The normalized spacial score (nSPS) is 9.93. The van der Waals surface area contributed by atoms with Crippen LogP contribution in [0.25, 0.3) is 5.82 Å². The molecule has 2 aromatic rings. The topological polar surface area (TPSA) is 54.5 Å². The molecule has 74 valence electrons. The Bertz CT molecular complexity index is 539. The van der Waals surface area contributed by atoms with Crippen LogP contribution in [0.15, 0.2) is 29.1 Å². The molecule has 0 fully saturated rings. The second-order valence-corrected chi connectivity index (χ2v) is 4.00. The second-order valence-electron chi connectivity index (χ2n) is 3.08. The predicted molar refractivity (Wildman–Crippen MR) is 58.5 cm³/mol. The van der Waals surface area contributed by atoms with Gasteiger partial charge in [0.05, 0.1) is 18.0 Å². The second kappa shape index (κ2) is 3.83. The Labute approximate surface area is 95.3 Å². The summed E-state index contributed by atoms with van der Waals surface area (Å²) in [4.78, 5) is 4.24. The molecule has 0 aliphatic carbocycles. The lowest BCUT2D eigenvalue weighted by Gasteiger charge is -2.03. The Hall–Kier alpha value is -1.67. The summed E-state index contributed by atoms with van der Waals surface area (Å²) >= 11 is 3.34. The smallest absolute Gasteiger partial charge is 0.156 e. The molecule has 15 heavy (non-hydrogen) atoms. The summed E-state index contributed by atoms with van der Waals surface area (Å²) in [5.41, 5.74) is 1.52. The average Bonchev–Trinajstić information content (AvgIpc) is 2.66. The van der Waals surface area contributed by atoms with Crippen LogP contribution in [-0.2, 0) is 0 Å². The van der Waals surface area contributed by atoms with Crippen LogP contribution >= 0.6 is 15.9 Å². The van der Waals surface area contributed by atoms with Gasteiger partial charge in [0.15, 0.2) is 5.82 Å². The van der Waals surface area contributed by atoms with Crippen molar-refractivity contribution in [3.63, 3.8) is 0 Å². The highest BCUT2D eigenvalue weighted by molar-refractivity contribution is 9.10. The first-order chi connectivity index (χ1) is 7.20. The molecule has 0 aromatic carbocycles. The fourth-order valence-electron chi connectivity index (χ4n) is 1.27. The van der Waals surface area contributed by atoms with Crippen LogP contribution in [0, 0.1) is 18.3 Å². The van der Waals surface area contributed by atoms with Gasteiger partial charge in [0, 0.05) is 10.7 Å². The molecule has 0 saturated heterocycles. The van der Waals surface area contributed by atoms with Crippen LogP contribution in [0.4, 0.5) is 0 Å². The number of aryl methyl sites for hydroxylation is 1. The van der Waals surface area contributed by atoms with Crippen molar-refractivity contribution in [1.29, 1.82) is 5.26 Å². The van der Waals surface area contributed by atoms with Gasteiger partial charge in [-0.1, -0.05) is 0 Å². The quantitative estimate of drug-likeness (QED) is 0.792. The standard InChI is InChI=1S/C10H7BrN4/c1-7-2-9(11)5-13-10(7)15-6-8(3-12)4-14-15/h2,4-6H,1H3. The first kappa shape index (κ1) is 9.87. The lowest BCUT2D eigenvalue weighted by atomic mass is 10.3. The molecule has 0 amide bonds. The molecule has 0 atom stereocenters. The molecular formula is C10H7BrN4. The molecule has 0 saturated carbocycles. The van der Waals surface area contributed by atoms with E-state index < -0.39 is 0 Å². The summed E-state index contributed by atoms with van der Waals surface area (Å²) in [5.74, 6) is 0.736. The summed E-state index contributed by atoms with van der Waals surface area (Å²) < 4.78 is 2.52. The average molecular weight is 263 g/mol. The molecule has 4 nitrogen and oxygen atoms in total. The highest BCUT2D eigenvalue weighted by atomic mass is 79.9. The molecule has 0 aliphatic heterocycles. The SMILES string of the molecule is Cc1cc(Br)cnc1-n1cc(C#N)cn1. The van der Waals surface area contributed by atoms with Crippen molar-refractivity contribution in [1.82, 2.24) is 14.8 Å². The fourth-order valence-corrected chi connectivity index (χ4v) is 1.72. The zero-order valence-electron chi connectivity index (χ0n) is 7.98. The van der Waals surface area contributed by atoms with E-state index >= 15 is 0 Å². The van der Waals surface area contributed by atoms with Crippen molar-refractivity contribution in [2.45, 2.75) is 6.92 Å². The van der Waals surface area contributed by atoms with Crippen LogP contribution in [0.1, 0.15) is 11.1 Å². The van der Waals surface area contributed by atoms with Crippen LogP contribution in [-0.4, -0.2) is 14.8 Å². The van der Waals surface area contributed by atoms with Crippen molar-refractivity contribution < 1.29 is 0 Å². The maximum absolute atomic E-state index is 8.68. The number of hydrogen-bond donors (Lipinski definition) is 0. The molecule has 0 spiro atoms. The minimum atomic E-state index is 0.527. The summed E-state index contributed by atoms with van der Waals surface area (Å²) in [6, 6.07) is 3.98.